The van der Waals surface area contributed by atoms with Crippen molar-refractivity contribution in [3.63, 3.8) is 0 Å². The van der Waals surface area contributed by atoms with Gasteiger partial charge in [0.25, 0.3) is 0 Å². The third-order valence-electron chi connectivity index (χ3n) is 3.54. The van der Waals surface area contributed by atoms with Crippen LogP contribution in [0, 0.1) is 0 Å². The van der Waals surface area contributed by atoms with E-state index in [0.29, 0.717) is 6.10 Å². The molecule has 1 aliphatic rings. The molecule has 0 amide bonds. The lowest BCUT2D eigenvalue weighted by Crippen LogP contribution is -2.14. The SMILES string of the molecule is CCCNCc1cccc(COC2CCCC2)c1. The second-order valence-corrected chi connectivity index (χ2v) is 5.21. The number of hydrogen-bond donors (Lipinski definition) is 1. The molecule has 0 bridgehead atoms. The van der Waals surface area contributed by atoms with E-state index in [4.69, 9.17) is 4.74 Å². The van der Waals surface area contributed by atoms with Crippen LogP contribution in [0.4, 0.5) is 0 Å². The van der Waals surface area contributed by atoms with Crippen LogP contribution in [0.15, 0.2) is 24.3 Å². The van der Waals surface area contributed by atoms with Crippen LogP contribution in [-0.2, 0) is 17.9 Å². The number of ether oxygens (including phenoxy) is 1. The van der Waals surface area contributed by atoms with E-state index < -0.39 is 0 Å². The number of hydrogen-bond acceptors (Lipinski definition) is 2. The summed E-state index contributed by atoms with van der Waals surface area (Å²) in [6.45, 7) is 5.01. The molecule has 0 aromatic heterocycles. The van der Waals surface area contributed by atoms with Gasteiger partial charge in [-0.3, -0.25) is 0 Å². The van der Waals surface area contributed by atoms with E-state index in [2.05, 4.69) is 36.5 Å². The first-order valence-electron chi connectivity index (χ1n) is 7.28. The summed E-state index contributed by atoms with van der Waals surface area (Å²) < 4.78 is 5.95. The molecule has 2 heteroatoms. The van der Waals surface area contributed by atoms with Gasteiger partial charge in [-0.1, -0.05) is 44.0 Å². The molecule has 0 saturated heterocycles. The Balaban J connectivity index is 1.78. The van der Waals surface area contributed by atoms with Crippen molar-refractivity contribution in [3.8, 4) is 0 Å². The second-order valence-electron chi connectivity index (χ2n) is 5.21. The lowest BCUT2D eigenvalue weighted by Gasteiger charge is -2.12. The first-order valence-corrected chi connectivity index (χ1v) is 7.28. The lowest BCUT2D eigenvalue weighted by molar-refractivity contribution is 0.0456. The van der Waals surface area contributed by atoms with E-state index in [9.17, 15) is 0 Å². The van der Waals surface area contributed by atoms with Crippen molar-refractivity contribution in [1.29, 1.82) is 0 Å². The maximum absolute atomic E-state index is 5.95. The van der Waals surface area contributed by atoms with E-state index in [1.54, 1.807) is 0 Å². The zero-order valence-electron chi connectivity index (χ0n) is 11.5. The summed E-state index contributed by atoms with van der Waals surface area (Å²) in [4.78, 5) is 0. The van der Waals surface area contributed by atoms with Gasteiger partial charge >= 0.3 is 0 Å². The Hall–Kier alpha value is -0.860. The Morgan fingerprint density at radius 3 is 2.78 bits per heavy atom. The Morgan fingerprint density at radius 2 is 2.00 bits per heavy atom. The molecule has 1 saturated carbocycles. The number of nitrogens with one attached hydrogen (secondary N) is 1. The van der Waals surface area contributed by atoms with Gasteiger partial charge in [0.1, 0.15) is 0 Å². The zero-order chi connectivity index (χ0) is 12.6. The van der Waals surface area contributed by atoms with Crippen molar-refractivity contribution in [2.45, 2.75) is 58.3 Å². The highest BCUT2D eigenvalue weighted by Crippen LogP contribution is 2.22. The van der Waals surface area contributed by atoms with Gasteiger partial charge in [-0.2, -0.15) is 0 Å². The van der Waals surface area contributed by atoms with Crippen LogP contribution in [0.1, 0.15) is 50.2 Å². The average Bonchev–Trinajstić information content (AvgIpc) is 2.90. The topological polar surface area (TPSA) is 21.3 Å². The third-order valence-corrected chi connectivity index (χ3v) is 3.54. The van der Waals surface area contributed by atoms with Crippen LogP contribution < -0.4 is 5.32 Å². The fourth-order valence-corrected chi connectivity index (χ4v) is 2.51. The Labute approximate surface area is 111 Å². The van der Waals surface area contributed by atoms with Gasteiger partial charge in [0.15, 0.2) is 0 Å². The molecule has 2 rings (SSSR count). The first-order chi connectivity index (χ1) is 8.88. The zero-order valence-corrected chi connectivity index (χ0v) is 11.5. The highest BCUT2D eigenvalue weighted by atomic mass is 16.5. The van der Waals surface area contributed by atoms with Gasteiger partial charge in [-0.15, -0.1) is 0 Å². The van der Waals surface area contributed by atoms with E-state index in [1.165, 1.54) is 43.2 Å². The van der Waals surface area contributed by atoms with E-state index in [1.807, 2.05) is 0 Å². The molecule has 0 aliphatic heterocycles. The molecule has 1 N–H and O–H groups in total. The van der Waals surface area contributed by atoms with Gasteiger partial charge < -0.3 is 10.1 Å². The standard InChI is InChI=1S/C16H25NO/c1-2-10-17-12-14-6-5-7-15(11-14)13-18-16-8-3-4-9-16/h5-7,11,16-17H,2-4,8-10,12-13H2,1H3. The Morgan fingerprint density at radius 1 is 1.22 bits per heavy atom. The monoisotopic (exact) mass is 247 g/mol. The molecule has 100 valence electrons. The molecule has 1 aromatic carbocycles. The molecule has 0 unspecified atom stereocenters. The fraction of sp³-hybridized carbons (Fsp3) is 0.625. The number of rotatable bonds is 7. The van der Waals surface area contributed by atoms with E-state index in [-0.39, 0.29) is 0 Å². The number of benzene rings is 1. The smallest absolute Gasteiger partial charge is 0.0720 e. The van der Waals surface area contributed by atoms with Crippen molar-refractivity contribution in [1.82, 2.24) is 5.32 Å². The van der Waals surface area contributed by atoms with Gasteiger partial charge in [0, 0.05) is 6.54 Å². The Bertz CT molecular complexity index is 345. The Kier molecular flexibility index (Phi) is 5.69. The van der Waals surface area contributed by atoms with Crippen molar-refractivity contribution >= 4 is 0 Å². The van der Waals surface area contributed by atoms with Crippen molar-refractivity contribution < 1.29 is 4.74 Å². The molecule has 1 fully saturated rings. The summed E-state index contributed by atoms with van der Waals surface area (Å²) in [7, 11) is 0. The predicted octanol–water partition coefficient (Wildman–Crippen LogP) is 3.65. The minimum atomic E-state index is 0.506. The van der Waals surface area contributed by atoms with Crippen LogP contribution in [-0.4, -0.2) is 12.6 Å². The lowest BCUT2D eigenvalue weighted by atomic mass is 10.1. The van der Waals surface area contributed by atoms with E-state index >= 15 is 0 Å². The molecule has 0 heterocycles. The molecule has 18 heavy (non-hydrogen) atoms. The van der Waals surface area contributed by atoms with Crippen LogP contribution in [0.3, 0.4) is 0 Å². The molecule has 0 atom stereocenters. The third kappa shape index (κ3) is 4.43. The maximum Gasteiger partial charge on any atom is 0.0720 e. The molecule has 2 nitrogen and oxygen atoms in total. The molecule has 0 spiro atoms. The van der Waals surface area contributed by atoms with E-state index in [0.717, 1.165) is 19.7 Å². The molecule has 0 radical (unpaired) electrons. The minimum absolute atomic E-state index is 0.506. The summed E-state index contributed by atoms with van der Waals surface area (Å²) in [6.07, 6.45) is 6.86. The van der Waals surface area contributed by atoms with Crippen LogP contribution in [0.25, 0.3) is 0 Å². The van der Waals surface area contributed by atoms with Crippen molar-refractivity contribution in [3.05, 3.63) is 35.4 Å². The summed E-state index contributed by atoms with van der Waals surface area (Å²) in [5.41, 5.74) is 2.66. The first kappa shape index (κ1) is 13.6. The normalized spacial score (nSPS) is 16.3. The summed E-state index contributed by atoms with van der Waals surface area (Å²) >= 11 is 0. The van der Waals surface area contributed by atoms with Crippen molar-refractivity contribution in [2.24, 2.45) is 0 Å². The molecular weight excluding hydrogens is 222 g/mol. The van der Waals surface area contributed by atoms with Gasteiger partial charge in [-0.25, -0.2) is 0 Å². The second kappa shape index (κ2) is 7.55. The molecule has 1 aromatic rings. The largest absolute Gasteiger partial charge is 0.374 e. The quantitative estimate of drug-likeness (QED) is 0.743. The van der Waals surface area contributed by atoms with Gasteiger partial charge in [0.2, 0.25) is 0 Å². The predicted molar refractivity (Wildman–Crippen MR) is 75.5 cm³/mol. The molecule has 1 aliphatic carbocycles. The summed E-state index contributed by atoms with van der Waals surface area (Å²) in [6, 6.07) is 8.74. The highest BCUT2D eigenvalue weighted by Gasteiger charge is 2.14. The summed E-state index contributed by atoms with van der Waals surface area (Å²) in [5, 5.41) is 3.43. The van der Waals surface area contributed by atoms with Crippen molar-refractivity contribution in [2.75, 3.05) is 6.54 Å². The highest BCUT2D eigenvalue weighted by molar-refractivity contribution is 5.22. The minimum Gasteiger partial charge on any atom is -0.374 e. The molecular formula is C16H25NO. The summed E-state index contributed by atoms with van der Waals surface area (Å²) in [5.74, 6) is 0. The maximum atomic E-state index is 5.95. The fourth-order valence-electron chi connectivity index (χ4n) is 2.51. The van der Waals surface area contributed by atoms with Crippen LogP contribution in [0.2, 0.25) is 0 Å². The average molecular weight is 247 g/mol. The van der Waals surface area contributed by atoms with Crippen LogP contribution >= 0.6 is 0 Å². The van der Waals surface area contributed by atoms with Crippen LogP contribution in [0.5, 0.6) is 0 Å². The van der Waals surface area contributed by atoms with Gasteiger partial charge in [-0.05, 0) is 36.9 Å². The van der Waals surface area contributed by atoms with Gasteiger partial charge in [0.05, 0.1) is 12.7 Å².